The molecule has 0 saturated heterocycles. The second-order valence-corrected chi connectivity index (χ2v) is 7.84. The molecule has 9 nitrogen and oxygen atoms in total. The lowest BCUT2D eigenvalue weighted by Gasteiger charge is -2.18. The first-order chi connectivity index (χ1) is 12.1. The Morgan fingerprint density at radius 2 is 1.96 bits per heavy atom. The average molecular weight is 384 g/mol. The minimum absolute atomic E-state index is 0.00980. The smallest absolute Gasteiger partial charge is 0.326 e. The van der Waals surface area contributed by atoms with Gasteiger partial charge in [0.2, 0.25) is 0 Å². The molecule has 1 aliphatic rings. The number of amides is 2. The van der Waals surface area contributed by atoms with Gasteiger partial charge in [-0.25, -0.2) is 17.5 Å². The number of aliphatic carboxylic acids is 1. The minimum Gasteiger partial charge on any atom is -0.480 e. The molecule has 142 valence electrons. The van der Waals surface area contributed by atoms with Crippen LogP contribution in [0.5, 0.6) is 0 Å². The molecule has 2 amide bonds. The van der Waals surface area contributed by atoms with Crippen LogP contribution in [0, 0.1) is 0 Å². The third kappa shape index (κ3) is 3.56. The van der Waals surface area contributed by atoms with Gasteiger partial charge in [0.05, 0.1) is 5.56 Å². The van der Waals surface area contributed by atoms with Gasteiger partial charge in [-0.05, 0) is 32.0 Å². The molecule has 1 aromatic carbocycles. The first-order valence-corrected chi connectivity index (χ1v) is 9.30. The van der Waals surface area contributed by atoms with Crippen molar-refractivity contribution in [3.63, 3.8) is 0 Å². The predicted molar refractivity (Wildman–Crippen MR) is 90.3 cm³/mol. The van der Waals surface area contributed by atoms with Crippen molar-refractivity contribution in [2.45, 2.75) is 37.2 Å². The highest BCUT2D eigenvalue weighted by molar-refractivity contribution is 7.90. The molecule has 1 aromatic rings. The summed E-state index contributed by atoms with van der Waals surface area (Å²) in [7, 11) is -2.64. The SMILES string of the molecule is COCCC(NC(=O)c1ccc2c(c1)S(=O)(=O)N(C(C)C)C2=O)C(=O)O. The van der Waals surface area contributed by atoms with Crippen LogP contribution in [-0.4, -0.2) is 61.4 Å². The second kappa shape index (κ2) is 7.42. The molecule has 0 saturated carbocycles. The molecule has 1 unspecified atom stereocenters. The van der Waals surface area contributed by atoms with E-state index in [1.807, 2.05) is 0 Å². The second-order valence-electron chi connectivity index (χ2n) is 6.06. The van der Waals surface area contributed by atoms with Crippen molar-refractivity contribution in [2.75, 3.05) is 13.7 Å². The fourth-order valence-electron chi connectivity index (χ4n) is 2.63. The first kappa shape index (κ1) is 19.9. The number of sulfonamides is 1. The minimum atomic E-state index is -4.04. The van der Waals surface area contributed by atoms with Crippen LogP contribution in [0.25, 0.3) is 0 Å². The molecule has 0 radical (unpaired) electrons. The van der Waals surface area contributed by atoms with Gasteiger partial charge in [-0.15, -0.1) is 0 Å². The largest absolute Gasteiger partial charge is 0.480 e. The number of rotatable bonds is 7. The zero-order valence-corrected chi connectivity index (χ0v) is 15.4. The molecule has 0 aromatic heterocycles. The lowest BCUT2D eigenvalue weighted by atomic mass is 10.1. The highest BCUT2D eigenvalue weighted by Crippen LogP contribution is 2.32. The highest BCUT2D eigenvalue weighted by Gasteiger charge is 2.43. The van der Waals surface area contributed by atoms with Crippen molar-refractivity contribution in [3.8, 4) is 0 Å². The van der Waals surface area contributed by atoms with Gasteiger partial charge in [-0.3, -0.25) is 9.59 Å². The molecule has 0 aliphatic carbocycles. The summed E-state index contributed by atoms with van der Waals surface area (Å²) in [5.74, 6) is -2.63. The number of carboxylic acid groups (broad SMARTS) is 1. The Morgan fingerprint density at radius 1 is 1.31 bits per heavy atom. The maximum Gasteiger partial charge on any atom is 0.326 e. The quantitative estimate of drug-likeness (QED) is 0.698. The van der Waals surface area contributed by atoms with Gasteiger partial charge in [-0.2, -0.15) is 0 Å². The van der Waals surface area contributed by atoms with Crippen molar-refractivity contribution < 1.29 is 32.6 Å². The maximum absolute atomic E-state index is 12.5. The Labute approximate surface area is 151 Å². The van der Waals surface area contributed by atoms with Crippen LogP contribution < -0.4 is 5.32 Å². The van der Waals surface area contributed by atoms with Crippen LogP contribution >= 0.6 is 0 Å². The van der Waals surface area contributed by atoms with Gasteiger partial charge in [0.15, 0.2) is 0 Å². The van der Waals surface area contributed by atoms with E-state index in [-0.39, 0.29) is 29.1 Å². The Balaban J connectivity index is 2.32. The van der Waals surface area contributed by atoms with Gasteiger partial charge >= 0.3 is 5.97 Å². The van der Waals surface area contributed by atoms with E-state index < -0.39 is 39.9 Å². The van der Waals surface area contributed by atoms with Crippen LogP contribution in [0.4, 0.5) is 0 Å². The summed E-state index contributed by atoms with van der Waals surface area (Å²) in [6.07, 6.45) is 0.0560. The lowest BCUT2D eigenvalue weighted by Crippen LogP contribution is -2.41. The summed E-state index contributed by atoms with van der Waals surface area (Å²) in [6, 6.07) is 1.90. The van der Waals surface area contributed by atoms with Crippen LogP contribution in [0.2, 0.25) is 0 Å². The number of nitrogens with one attached hydrogen (secondary N) is 1. The van der Waals surface area contributed by atoms with Crippen LogP contribution in [0.15, 0.2) is 23.1 Å². The molecule has 1 atom stereocenters. The summed E-state index contributed by atoms with van der Waals surface area (Å²) in [5.41, 5.74) is -0.0567. The molecule has 26 heavy (non-hydrogen) atoms. The number of nitrogens with zero attached hydrogens (tertiary/aromatic N) is 1. The number of methoxy groups -OCH3 is 1. The molecular weight excluding hydrogens is 364 g/mol. The average Bonchev–Trinajstić information content (AvgIpc) is 2.76. The number of hydrogen-bond acceptors (Lipinski definition) is 6. The number of ether oxygens (including phenoxy) is 1. The maximum atomic E-state index is 12.5. The van der Waals surface area contributed by atoms with E-state index in [0.29, 0.717) is 0 Å². The molecule has 1 heterocycles. The predicted octanol–water partition coefficient (Wildman–Crippen LogP) is 0.459. The van der Waals surface area contributed by atoms with E-state index in [4.69, 9.17) is 9.84 Å². The number of hydrogen-bond donors (Lipinski definition) is 2. The van der Waals surface area contributed by atoms with Crippen molar-refractivity contribution in [1.82, 2.24) is 9.62 Å². The summed E-state index contributed by atoms with van der Waals surface area (Å²) < 4.78 is 30.7. The van der Waals surface area contributed by atoms with Gasteiger partial charge in [0.25, 0.3) is 21.8 Å². The summed E-state index contributed by atoms with van der Waals surface area (Å²) in [6.45, 7) is 3.28. The number of carbonyl (C=O) groups excluding carboxylic acids is 2. The first-order valence-electron chi connectivity index (χ1n) is 7.86. The van der Waals surface area contributed by atoms with E-state index >= 15 is 0 Å². The van der Waals surface area contributed by atoms with Gasteiger partial charge in [0.1, 0.15) is 10.9 Å². The van der Waals surface area contributed by atoms with E-state index in [1.165, 1.54) is 19.2 Å². The lowest BCUT2D eigenvalue weighted by molar-refractivity contribution is -0.139. The molecule has 2 rings (SSSR count). The van der Waals surface area contributed by atoms with Crippen molar-refractivity contribution >= 4 is 27.8 Å². The monoisotopic (exact) mass is 384 g/mol. The zero-order chi connectivity index (χ0) is 19.6. The van der Waals surface area contributed by atoms with E-state index in [2.05, 4.69) is 5.32 Å². The Morgan fingerprint density at radius 3 is 2.50 bits per heavy atom. The molecule has 0 fully saturated rings. The fourth-order valence-corrected chi connectivity index (χ4v) is 4.43. The normalized spacial score (nSPS) is 16.5. The summed E-state index contributed by atoms with van der Waals surface area (Å²) in [5, 5.41) is 11.5. The molecule has 1 aliphatic heterocycles. The number of fused-ring (bicyclic) bond motifs is 1. The zero-order valence-electron chi connectivity index (χ0n) is 14.6. The molecule has 0 spiro atoms. The summed E-state index contributed by atoms with van der Waals surface area (Å²) in [4.78, 5) is 35.5. The van der Waals surface area contributed by atoms with Crippen LogP contribution in [0.1, 0.15) is 41.0 Å². The molecule has 2 N–H and O–H groups in total. The summed E-state index contributed by atoms with van der Waals surface area (Å²) >= 11 is 0. The molecule has 10 heteroatoms. The topological polar surface area (TPSA) is 130 Å². The van der Waals surface area contributed by atoms with Crippen molar-refractivity contribution in [3.05, 3.63) is 29.3 Å². The van der Waals surface area contributed by atoms with E-state index in [9.17, 15) is 22.8 Å². The van der Waals surface area contributed by atoms with Gasteiger partial charge < -0.3 is 15.2 Å². The van der Waals surface area contributed by atoms with Crippen molar-refractivity contribution in [1.29, 1.82) is 0 Å². The third-order valence-corrected chi connectivity index (χ3v) is 5.89. The van der Waals surface area contributed by atoms with Crippen molar-refractivity contribution in [2.24, 2.45) is 0 Å². The fraction of sp³-hybridized carbons (Fsp3) is 0.438. The van der Waals surface area contributed by atoms with Gasteiger partial charge in [0, 0.05) is 31.7 Å². The molecule has 0 bridgehead atoms. The standard InChI is InChI=1S/C16H20N2O7S/c1-9(2)18-15(20)11-5-4-10(8-13(11)26(18,23)24)14(19)17-12(16(21)22)6-7-25-3/h4-5,8-9,12H,6-7H2,1-3H3,(H,17,19)(H,21,22). The van der Waals surface area contributed by atoms with Gasteiger partial charge in [-0.1, -0.05) is 0 Å². The van der Waals surface area contributed by atoms with E-state index in [1.54, 1.807) is 13.8 Å². The number of carboxylic acids is 1. The Kier molecular flexibility index (Phi) is 5.67. The Hall–Kier alpha value is -2.46. The number of benzene rings is 1. The molecular formula is C16H20N2O7S. The Bertz CT molecular complexity index is 848. The third-order valence-electron chi connectivity index (χ3n) is 3.89. The van der Waals surface area contributed by atoms with Crippen LogP contribution in [-0.2, 0) is 19.6 Å². The van der Waals surface area contributed by atoms with Crippen LogP contribution in [0.3, 0.4) is 0 Å². The number of carbonyl (C=O) groups is 3. The van der Waals surface area contributed by atoms with E-state index in [0.717, 1.165) is 10.4 Å². The highest BCUT2D eigenvalue weighted by atomic mass is 32.2.